The van der Waals surface area contributed by atoms with Crippen molar-refractivity contribution in [3.05, 3.63) is 29.6 Å². The van der Waals surface area contributed by atoms with Crippen molar-refractivity contribution >= 4 is 17.4 Å². The van der Waals surface area contributed by atoms with Crippen LogP contribution >= 0.6 is 11.8 Å². The van der Waals surface area contributed by atoms with Crippen LogP contribution in [-0.2, 0) is 6.54 Å². The lowest BCUT2D eigenvalue weighted by Gasteiger charge is -2.35. The van der Waals surface area contributed by atoms with E-state index in [1.807, 2.05) is 6.07 Å². The molecule has 0 radical (unpaired) electrons. The SMILES string of the molecule is CCCNCc1cc(F)ccc1N1CCSC(CC)C1. The van der Waals surface area contributed by atoms with E-state index in [0.717, 1.165) is 43.9 Å². The van der Waals surface area contributed by atoms with E-state index in [2.05, 4.69) is 35.8 Å². The molecule has 1 aromatic carbocycles. The van der Waals surface area contributed by atoms with Gasteiger partial charge in [-0.15, -0.1) is 0 Å². The number of halogens is 1. The third-order valence-electron chi connectivity index (χ3n) is 3.72. The average Bonchev–Trinajstić information content (AvgIpc) is 2.48. The molecule has 2 rings (SSSR count). The van der Waals surface area contributed by atoms with Gasteiger partial charge in [-0.05, 0) is 43.1 Å². The predicted octanol–water partition coefficient (Wildman–Crippen LogP) is 3.66. The van der Waals surface area contributed by atoms with Crippen LogP contribution in [0.4, 0.5) is 10.1 Å². The molecule has 1 fully saturated rings. The van der Waals surface area contributed by atoms with Gasteiger partial charge in [-0.1, -0.05) is 13.8 Å². The maximum absolute atomic E-state index is 13.5. The van der Waals surface area contributed by atoms with Crippen molar-refractivity contribution in [1.29, 1.82) is 0 Å². The summed E-state index contributed by atoms with van der Waals surface area (Å²) in [6.07, 6.45) is 2.30. The molecule has 1 saturated heterocycles. The summed E-state index contributed by atoms with van der Waals surface area (Å²) in [6, 6.07) is 5.21. The molecule has 2 nitrogen and oxygen atoms in total. The normalized spacial score (nSPS) is 19.4. The Morgan fingerprint density at radius 3 is 3.00 bits per heavy atom. The van der Waals surface area contributed by atoms with Gasteiger partial charge in [0.1, 0.15) is 5.82 Å². The lowest BCUT2D eigenvalue weighted by Crippen LogP contribution is -2.38. The van der Waals surface area contributed by atoms with Crippen molar-refractivity contribution in [3.63, 3.8) is 0 Å². The van der Waals surface area contributed by atoms with Gasteiger partial charge >= 0.3 is 0 Å². The highest BCUT2D eigenvalue weighted by molar-refractivity contribution is 8.00. The summed E-state index contributed by atoms with van der Waals surface area (Å²) in [6.45, 7) is 8.26. The Balaban J connectivity index is 2.12. The van der Waals surface area contributed by atoms with Crippen LogP contribution < -0.4 is 10.2 Å². The summed E-state index contributed by atoms with van der Waals surface area (Å²) in [7, 11) is 0. The van der Waals surface area contributed by atoms with Crippen LogP contribution in [0.3, 0.4) is 0 Å². The van der Waals surface area contributed by atoms with Gasteiger partial charge in [0, 0.05) is 36.3 Å². The molecule has 0 aliphatic carbocycles. The Morgan fingerprint density at radius 1 is 1.40 bits per heavy atom. The minimum absolute atomic E-state index is 0.138. The smallest absolute Gasteiger partial charge is 0.123 e. The van der Waals surface area contributed by atoms with Crippen LogP contribution in [0.15, 0.2) is 18.2 Å². The number of anilines is 1. The zero-order valence-electron chi connectivity index (χ0n) is 12.5. The van der Waals surface area contributed by atoms with Crippen LogP contribution in [0, 0.1) is 5.82 Å². The van der Waals surface area contributed by atoms with Gasteiger partial charge < -0.3 is 10.2 Å². The van der Waals surface area contributed by atoms with Gasteiger partial charge in [-0.2, -0.15) is 11.8 Å². The van der Waals surface area contributed by atoms with Gasteiger partial charge in [0.25, 0.3) is 0 Å². The maximum Gasteiger partial charge on any atom is 0.123 e. The molecular weight excluding hydrogens is 271 g/mol. The van der Waals surface area contributed by atoms with Gasteiger partial charge in [0.2, 0.25) is 0 Å². The lowest BCUT2D eigenvalue weighted by atomic mass is 10.1. The van der Waals surface area contributed by atoms with E-state index < -0.39 is 0 Å². The monoisotopic (exact) mass is 296 g/mol. The predicted molar refractivity (Wildman–Crippen MR) is 87.1 cm³/mol. The average molecular weight is 296 g/mol. The van der Waals surface area contributed by atoms with Crippen molar-refractivity contribution in [3.8, 4) is 0 Å². The van der Waals surface area contributed by atoms with E-state index >= 15 is 0 Å². The number of hydrogen-bond acceptors (Lipinski definition) is 3. The molecule has 1 atom stereocenters. The van der Waals surface area contributed by atoms with Crippen LogP contribution in [0.5, 0.6) is 0 Å². The standard InChI is InChI=1S/C16H25FN2S/c1-3-7-18-11-13-10-14(17)5-6-16(13)19-8-9-20-15(4-2)12-19/h5-6,10,15,18H,3-4,7-9,11-12H2,1-2H3. The molecule has 1 aliphatic heterocycles. The summed E-state index contributed by atoms with van der Waals surface area (Å²) in [4.78, 5) is 2.42. The van der Waals surface area contributed by atoms with Gasteiger partial charge in [-0.3, -0.25) is 0 Å². The highest BCUT2D eigenvalue weighted by Gasteiger charge is 2.21. The molecule has 1 heterocycles. The number of thioether (sulfide) groups is 1. The van der Waals surface area contributed by atoms with E-state index in [1.54, 1.807) is 12.1 Å². The third-order valence-corrected chi connectivity index (χ3v) is 5.09. The topological polar surface area (TPSA) is 15.3 Å². The molecule has 0 spiro atoms. The fourth-order valence-corrected chi connectivity index (χ4v) is 3.77. The molecule has 4 heteroatoms. The van der Waals surface area contributed by atoms with E-state index in [-0.39, 0.29) is 5.82 Å². The fourth-order valence-electron chi connectivity index (χ4n) is 2.59. The Bertz CT molecular complexity index is 425. The number of benzene rings is 1. The Morgan fingerprint density at radius 2 is 2.25 bits per heavy atom. The first kappa shape index (κ1) is 15.6. The number of hydrogen-bond donors (Lipinski definition) is 1. The second kappa shape index (κ2) is 7.89. The van der Waals surface area contributed by atoms with E-state index in [4.69, 9.17) is 0 Å². The van der Waals surface area contributed by atoms with Crippen LogP contribution in [0.1, 0.15) is 32.3 Å². The highest BCUT2D eigenvalue weighted by Crippen LogP contribution is 2.28. The number of nitrogens with zero attached hydrogens (tertiary/aromatic N) is 1. The van der Waals surface area contributed by atoms with E-state index in [9.17, 15) is 4.39 Å². The fraction of sp³-hybridized carbons (Fsp3) is 0.625. The molecule has 1 aromatic rings. The van der Waals surface area contributed by atoms with Crippen molar-refractivity contribution < 1.29 is 4.39 Å². The molecule has 1 aliphatic rings. The van der Waals surface area contributed by atoms with E-state index in [1.165, 1.54) is 12.1 Å². The van der Waals surface area contributed by atoms with Crippen LogP contribution in [0.2, 0.25) is 0 Å². The molecule has 20 heavy (non-hydrogen) atoms. The van der Waals surface area contributed by atoms with Crippen molar-refractivity contribution in [2.45, 2.75) is 38.5 Å². The highest BCUT2D eigenvalue weighted by atomic mass is 32.2. The maximum atomic E-state index is 13.5. The Labute approximate surface area is 126 Å². The minimum Gasteiger partial charge on any atom is -0.369 e. The zero-order valence-corrected chi connectivity index (χ0v) is 13.3. The van der Waals surface area contributed by atoms with Gasteiger partial charge in [0.05, 0.1) is 0 Å². The van der Waals surface area contributed by atoms with Gasteiger partial charge in [0.15, 0.2) is 0 Å². The first-order chi connectivity index (χ1) is 9.74. The zero-order chi connectivity index (χ0) is 14.4. The molecule has 0 amide bonds. The van der Waals surface area contributed by atoms with Crippen molar-refractivity contribution in [2.24, 2.45) is 0 Å². The largest absolute Gasteiger partial charge is 0.369 e. The first-order valence-corrected chi connectivity index (χ1v) is 8.65. The molecule has 0 saturated carbocycles. The number of rotatable bonds is 6. The van der Waals surface area contributed by atoms with Crippen molar-refractivity contribution in [1.82, 2.24) is 5.32 Å². The minimum atomic E-state index is -0.138. The summed E-state index contributed by atoms with van der Waals surface area (Å²) in [5, 5.41) is 4.08. The Hall–Kier alpha value is -0.740. The first-order valence-electron chi connectivity index (χ1n) is 7.60. The molecule has 0 bridgehead atoms. The summed E-state index contributed by atoms with van der Waals surface area (Å²) >= 11 is 2.06. The van der Waals surface area contributed by atoms with Crippen LogP contribution in [-0.4, -0.2) is 30.6 Å². The number of nitrogens with one attached hydrogen (secondary N) is 1. The summed E-state index contributed by atoms with van der Waals surface area (Å²) in [5.41, 5.74) is 2.29. The summed E-state index contributed by atoms with van der Waals surface area (Å²) < 4.78 is 13.5. The molecule has 0 aromatic heterocycles. The Kier molecular flexibility index (Phi) is 6.17. The van der Waals surface area contributed by atoms with E-state index in [0.29, 0.717) is 5.25 Å². The van der Waals surface area contributed by atoms with Crippen molar-refractivity contribution in [2.75, 3.05) is 30.3 Å². The second-order valence-electron chi connectivity index (χ2n) is 5.30. The van der Waals surface area contributed by atoms with Gasteiger partial charge in [-0.25, -0.2) is 4.39 Å². The third kappa shape index (κ3) is 4.13. The quantitative estimate of drug-likeness (QED) is 0.807. The molecular formula is C16H25FN2S. The molecule has 1 unspecified atom stereocenters. The second-order valence-corrected chi connectivity index (χ2v) is 6.71. The summed E-state index contributed by atoms with van der Waals surface area (Å²) in [5.74, 6) is 1.03. The van der Waals surface area contributed by atoms with Crippen LogP contribution in [0.25, 0.3) is 0 Å². The molecule has 112 valence electrons. The molecule has 1 N–H and O–H groups in total. The lowest BCUT2D eigenvalue weighted by molar-refractivity contribution is 0.617.